The van der Waals surface area contributed by atoms with Crippen LogP contribution in [-0.2, 0) is 27.5 Å². The number of hydrogen-bond acceptors (Lipinski definition) is 7. The van der Waals surface area contributed by atoms with Crippen LogP contribution in [0.5, 0.6) is 17.2 Å². The number of alkyl halides is 3. The van der Waals surface area contributed by atoms with Gasteiger partial charge < -0.3 is 18.9 Å². The number of ether oxygens (including phenoxy) is 4. The van der Waals surface area contributed by atoms with Crippen molar-refractivity contribution in [2.24, 2.45) is 7.05 Å². The van der Waals surface area contributed by atoms with Crippen molar-refractivity contribution in [3.8, 4) is 22.9 Å². The minimum absolute atomic E-state index is 0.0422. The first-order valence-electron chi connectivity index (χ1n) is 10.5. The number of benzene rings is 2. The quantitative estimate of drug-likeness (QED) is 0.168. The minimum Gasteiger partial charge on any atom is -0.457 e. The van der Waals surface area contributed by atoms with E-state index >= 15 is 0 Å². The van der Waals surface area contributed by atoms with E-state index in [1.165, 1.54) is 37.5 Å². The molecule has 14 heteroatoms. The number of methoxy groups -OCH3 is 1. The average Bonchev–Trinajstić information content (AvgIpc) is 2.86. The van der Waals surface area contributed by atoms with E-state index in [0.717, 1.165) is 13.1 Å². The summed E-state index contributed by atoms with van der Waals surface area (Å²) in [6, 6.07) is 7.58. The lowest BCUT2D eigenvalue weighted by Crippen LogP contribution is -2.41. The maximum Gasteiger partial charge on any atom is 0.431 e. The summed E-state index contributed by atoms with van der Waals surface area (Å²) in [5, 5.41) is -0.313. The summed E-state index contributed by atoms with van der Waals surface area (Å²) in [5.74, 6) is -2.45. The van der Waals surface area contributed by atoms with E-state index in [9.17, 15) is 31.9 Å². The number of aromatic nitrogens is 2. The molecule has 38 heavy (non-hydrogen) atoms. The van der Waals surface area contributed by atoms with Crippen LogP contribution in [0.1, 0.15) is 5.69 Å². The smallest absolute Gasteiger partial charge is 0.431 e. The van der Waals surface area contributed by atoms with Crippen molar-refractivity contribution < 1.29 is 41.3 Å². The van der Waals surface area contributed by atoms with Crippen molar-refractivity contribution in [2.45, 2.75) is 12.5 Å². The maximum atomic E-state index is 14.8. The molecule has 0 aliphatic carbocycles. The lowest BCUT2D eigenvalue weighted by molar-refractivity contribution is -0.172. The standard InChI is InChI=1S/C24H19ClF4N2O7/c1-4-9-36-21(33)22(35-3)38-17-8-6-5-7-16(17)37-18-11-15(14(26)10-13(18)25)31-20(32)12-19(24(27,28)29)30(2)23(31)34/h4-8,10-12,22H,1,9H2,2-3H3. The Labute approximate surface area is 217 Å². The molecule has 1 atom stereocenters. The molecule has 2 aromatic carbocycles. The SMILES string of the molecule is C=CCOC(=O)C(OC)Oc1ccccc1Oc1cc(-n2c(=O)cc(C(F)(F)F)n(C)c2=O)c(F)cc1Cl. The summed E-state index contributed by atoms with van der Waals surface area (Å²) in [6.07, 6.45) is -5.17. The maximum absolute atomic E-state index is 14.8. The molecule has 1 unspecified atom stereocenters. The molecule has 0 saturated heterocycles. The normalized spacial score (nSPS) is 12.1. The van der Waals surface area contributed by atoms with Gasteiger partial charge in [0, 0.05) is 26.3 Å². The van der Waals surface area contributed by atoms with E-state index in [0.29, 0.717) is 6.07 Å². The third-order valence-corrected chi connectivity index (χ3v) is 5.20. The van der Waals surface area contributed by atoms with Crippen LogP contribution in [0.4, 0.5) is 17.6 Å². The first-order chi connectivity index (χ1) is 17.9. The Morgan fingerprint density at radius 1 is 1.13 bits per heavy atom. The minimum atomic E-state index is -5.00. The summed E-state index contributed by atoms with van der Waals surface area (Å²) in [5.41, 5.74) is -5.12. The van der Waals surface area contributed by atoms with Crippen molar-refractivity contribution in [3.05, 3.63) is 92.5 Å². The molecule has 0 amide bonds. The monoisotopic (exact) mass is 558 g/mol. The first kappa shape index (κ1) is 28.5. The zero-order chi connectivity index (χ0) is 28.2. The van der Waals surface area contributed by atoms with Gasteiger partial charge in [0.1, 0.15) is 23.9 Å². The van der Waals surface area contributed by atoms with Crippen LogP contribution >= 0.6 is 11.6 Å². The number of halogens is 5. The first-order valence-corrected chi connectivity index (χ1v) is 10.9. The molecule has 0 saturated carbocycles. The zero-order valence-corrected chi connectivity index (χ0v) is 20.5. The molecule has 1 heterocycles. The largest absolute Gasteiger partial charge is 0.457 e. The van der Waals surface area contributed by atoms with Crippen LogP contribution < -0.4 is 20.7 Å². The predicted molar refractivity (Wildman–Crippen MR) is 126 cm³/mol. The van der Waals surface area contributed by atoms with Crippen LogP contribution in [0.15, 0.2) is 64.7 Å². The highest BCUT2D eigenvalue weighted by Crippen LogP contribution is 2.37. The highest BCUT2D eigenvalue weighted by molar-refractivity contribution is 6.32. The third-order valence-electron chi connectivity index (χ3n) is 4.91. The number of rotatable bonds is 9. The van der Waals surface area contributed by atoms with Crippen LogP contribution in [0, 0.1) is 5.82 Å². The van der Waals surface area contributed by atoms with Gasteiger partial charge in [-0.15, -0.1) is 0 Å². The Kier molecular flexibility index (Phi) is 8.63. The molecule has 3 rings (SSSR count). The number of carbonyl (C=O) groups is 1. The van der Waals surface area contributed by atoms with E-state index in [4.69, 9.17) is 30.5 Å². The van der Waals surface area contributed by atoms with Crippen molar-refractivity contribution in [2.75, 3.05) is 13.7 Å². The predicted octanol–water partition coefficient (Wildman–Crippen LogP) is 4.22. The fraction of sp³-hybridized carbons (Fsp3) is 0.208. The number of esters is 1. The van der Waals surface area contributed by atoms with Crippen LogP contribution in [0.25, 0.3) is 5.69 Å². The van der Waals surface area contributed by atoms with Gasteiger partial charge in [0.25, 0.3) is 11.8 Å². The molecule has 0 fully saturated rings. The van der Waals surface area contributed by atoms with Crippen LogP contribution in [0.3, 0.4) is 0 Å². The van der Waals surface area contributed by atoms with Gasteiger partial charge in [0.15, 0.2) is 11.5 Å². The van der Waals surface area contributed by atoms with E-state index in [2.05, 4.69) is 6.58 Å². The fourth-order valence-corrected chi connectivity index (χ4v) is 3.34. The molecule has 0 aliphatic heterocycles. The summed E-state index contributed by atoms with van der Waals surface area (Å²) in [4.78, 5) is 37.2. The Hall–Kier alpha value is -4.10. The Bertz CT molecular complexity index is 1480. The van der Waals surface area contributed by atoms with Gasteiger partial charge >= 0.3 is 17.8 Å². The Balaban J connectivity index is 2.04. The lowest BCUT2D eigenvalue weighted by atomic mass is 10.2. The van der Waals surface area contributed by atoms with Crippen molar-refractivity contribution in [1.29, 1.82) is 0 Å². The number of nitrogens with zero attached hydrogens (tertiary/aromatic N) is 2. The summed E-state index contributed by atoms with van der Waals surface area (Å²) < 4.78 is 75.8. The molecule has 0 N–H and O–H groups in total. The van der Waals surface area contributed by atoms with Gasteiger partial charge in [0.05, 0.1) is 10.7 Å². The number of hydrogen-bond donors (Lipinski definition) is 0. The summed E-state index contributed by atoms with van der Waals surface area (Å²) >= 11 is 6.09. The van der Waals surface area contributed by atoms with E-state index in [1.54, 1.807) is 0 Å². The number of carbonyl (C=O) groups excluding carboxylic acids is 1. The molecule has 0 radical (unpaired) electrons. The second-order valence-electron chi connectivity index (χ2n) is 7.43. The molecule has 0 aliphatic rings. The fourth-order valence-electron chi connectivity index (χ4n) is 3.15. The molecule has 3 aromatic rings. The summed E-state index contributed by atoms with van der Waals surface area (Å²) in [7, 11) is 1.97. The van der Waals surface area contributed by atoms with Gasteiger partial charge in [-0.2, -0.15) is 13.2 Å². The topological polar surface area (TPSA) is 98.0 Å². The van der Waals surface area contributed by atoms with Crippen LogP contribution in [-0.4, -0.2) is 35.1 Å². The molecule has 1 aromatic heterocycles. The van der Waals surface area contributed by atoms with Gasteiger partial charge in [-0.05, 0) is 18.2 Å². The van der Waals surface area contributed by atoms with E-state index < -0.39 is 46.9 Å². The van der Waals surface area contributed by atoms with Crippen molar-refractivity contribution >= 4 is 17.6 Å². The molecular formula is C24H19ClF4N2O7. The van der Waals surface area contributed by atoms with Crippen LogP contribution in [0.2, 0.25) is 5.02 Å². The molecule has 0 bridgehead atoms. The average molecular weight is 559 g/mol. The molecule has 202 valence electrons. The Morgan fingerprint density at radius 2 is 1.79 bits per heavy atom. The summed E-state index contributed by atoms with van der Waals surface area (Å²) in [6.45, 7) is 3.33. The van der Waals surface area contributed by atoms with Crippen molar-refractivity contribution in [3.63, 3.8) is 0 Å². The number of para-hydroxylation sites is 2. The van der Waals surface area contributed by atoms with E-state index in [-0.39, 0.29) is 44.1 Å². The van der Waals surface area contributed by atoms with Gasteiger partial charge in [-0.25, -0.2) is 18.5 Å². The zero-order valence-electron chi connectivity index (χ0n) is 19.8. The second-order valence-corrected chi connectivity index (χ2v) is 7.84. The highest BCUT2D eigenvalue weighted by Gasteiger charge is 2.35. The molecule has 0 spiro atoms. The van der Waals surface area contributed by atoms with Gasteiger partial charge in [0.2, 0.25) is 0 Å². The molecular weight excluding hydrogens is 540 g/mol. The second kappa shape index (κ2) is 11.5. The van der Waals surface area contributed by atoms with Gasteiger partial charge in [-0.1, -0.05) is 36.4 Å². The van der Waals surface area contributed by atoms with Gasteiger partial charge in [-0.3, -0.25) is 9.36 Å². The molecule has 9 nitrogen and oxygen atoms in total. The highest BCUT2D eigenvalue weighted by atomic mass is 35.5. The van der Waals surface area contributed by atoms with Crippen molar-refractivity contribution in [1.82, 2.24) is 9.13 Å². The van der Waals surface area contributed by atoms with E-state index in [1.807, 2.05) is 0 Å². The Morgan fingerprint density at radius 3 is 2.39 bits per heavy atom. The lowest BCUT2D eigenvalue weighted by Gasteiger charge is -2.19. The third kappa shape index (κ3) is 6.06.